The minimum absolute atomic E-state index is 0.0198. The molecule has 0 bridgehead atoms. The molecule has 2 unspecified atom stereocenters. The van der Waals surface area contributed by atoms with Gasteiger partial charge in [-0.15, -0.1) is 0 Å². The summed E-state index contributed by atoms with van der Waals surface area (Å²) in [6.45, 7) is 6.18. The van der Waals surface area contributed by atoms with E-state index in [0.717, 1.165) is 6.07 Å². The molecule has 0 spiro atoms. The van der Waals surface area contributed by atoms with Gasteiger partial charge in [0.05, 0.1) is 5.56 Å². The van der Waals surface area contributed by atoms with Crippen LogP contribution < -0.4 is 0 Å². The van der Waals surface area contributed by atoms with Crippen LogP contribution in [0, 0.1) is 0 Å². The zero-order valence-corrected chi connectivity index (χ0v) is 15.2. The third-order valence-electron chi connectivity index (χ3n) is 5.40. The number of alkyl halides is 4. The first-order valence-corrected chi connectivity index (χ1v) is 9.06. The second-order valence-corrected chi connectivity index (χ2v) is 7.42. The maximum absolute atomic E-state index is 13.7. The number of hydrogen-bond donors (Lipinski definition) is 0. The Morgan fingerprint density at radius 3 is 2.46 bits per heavy atom. The second-order valence-electron chi connectivity index (χ2n) is 7.42. The summed E-state index contributed by atoms with van der Waals surface area (Å²) in [5.74, 6) is -0.359. The molecule has 2 heterocycles. The van der Waals surface area contributed by atoms with Gasteiger partial charge in [-0.05, 0) is 49.9 Å². The SMILES string of the molecule is CCC(c1cc2c(c(C(F)(F)F)c1)CN(C(C)C)C2=O)N1CCC(F)C1. The van der Waals surface area contributed by atoms with Gasteiger partial charge >= 0.3 is 6.18 Å². The molecule has 0 aliphatic carbocycles. The van der Waals surface area contributed by atoms with Gasteiger partial charge in [-0.3, -0.25) is 9.69 Å². The van der Waals surface area contributed by atoms with Crippen molar-refractivity contribution >= 4 is 5.91 Å². The van der Waals surface area contributed by atoms with E-state index in [9.17, 15) is 22.4 Å². The number of hydrogen-bond acceptors (Lipinski definition) is 2. The largest absolute Gasteiger partial charge is 0.416 e. The molecule has 3 rings (SSSR count). The Kier molecular flexibility index (Phi) is 5.03. The van der Waals surface area contributed by atoms with Gasteiger partial charge in [-0.25, -0.2) is 4.39 Å². The zero-order valence-electron chi connectivity index (χ0n) is 15.2. The van der Waals surface area contributed by atoms with Crippen LogP contribution >= 0.6 is 0 Å². The van der Waals surface area contributed by atoms with Gasteiger partial charge in [0.15, 0.2) is 0 Å². The normalized spacial score (nSPS) is 22.4. The van der Waals surface area contributed by atoms with Crippen LogP contribution in [0.4, 0.5) is 17.6 Å². The van der Waals surface area contributed by atoms with E-state index in [2.05, 4.69) is 0 Å². The highest BCUT2D eigenvalue weighted by Gasteiger charge is 2.41. The highest BCUT2D eigenvalue weighted by molar-refractivity contribution is 5.99. The number of halogens is 4. The van der Waals surface area contributed by atoms with Gasteiger partial charge in [0, 0.05) is 37.3 Å². The van der Waals surface area contributed by atoms with E-state index in [1.165, 1.54) is 4.90 Å². The first kappa shape index (κ1) is 19.1. The molecule has 2 atom stereocenters. The molecule has 0 N–H and O–H groups in total. The molecule has 1 aromatic carbocycles. The molecule has 7 heteroatoms. The minimum Gasteiger partial charge on any atom is -0.332 e. The van der Waals surface area contributed by atoms with Crippen molar-refractivity contribution in [2.24, 2.45) is 0 Å². The molecule has 2 aliphatic heterocycles. The number of nitrogens with zero attached hydrogens (tertiary/aromatic N) is 2. The highest BCUT2D eigenvalue weighted by Crippen LogP contribution is 2.41. The average Bonchev–Trinajstić information content (AvgIpc) is 3.11. The number of amides is 1. The van der Waals surface area contributed by atoms with Crippen LogP contribution in [0.15, 0.2) is 12.1 Å². The monoisotopic (exact) mass is 372 g/mol. The molecule has 144 valence electrons. The van der Waals surface area contributed by atoms with Crippen LogP contribution in [-0.2, 0) is 12.7 Å². The minimum atomic E-state index is -4.53. The van der Waals surface area contributed by atoms with Gasteiger partial charge < -0.3 is 4.90 Å². The summed E-state index contributed by atoms with van der Waals surface area (Å²) < 4.78 is 54.6. The fraction of sp³-hybridized carbons (Fsp3) is 0.632. The van der Waals surface area contributed by atoms with Gasteiger partial charge in [0.25, 0.3) is 5.91 Å². The second kappa shape index (κ2) is 6.83. The summed E-state index contributed by atoms with van der Waals surface area (Å²) in [5, 5.41) is 0. The van der Waals surface area contributed by atoms with Crippen molar-refractivity contribution in [3.05, 3.63) is 34.4 Å². The third kappa shape index (κ3) is 3.33. The van der Waals surface area contributed by atoms with Gasteiger partial charge in [-0.1, -0.05) is 6.92 Å². The maximum atomic E-state index is 13.7. The zero-order chi connectivity index (χ0) is 19.2. The Bertz CT molecular complexity index is 702. The Labute approximate surface area is 151 Å². The number of fused-ring (bicyclic) bond motifs is 1. The molecular weight excluding hydrogens is 348 g/mol. The Hall–Kier alpha value is -1.63. The predicted molar refractivity (Wildman–Crippen MR) is 90.6 cm³/mol. The topological polar surface area (TPSA) is 23.6 Å². The molecule has 3 nitrogen and oxygen atoms in total. The molecule has 1 fully saturated rings. The Morgan fingerprint density at radius 1 is 1.27 bits per heavy atom. The van der Waals surface area contributed by atoms with E-state index >= 15 is 0 Å². The van der Waals surface area contributed by atoms with Crippen LogP contribution in [0.1, 0.15) is 66.7 Å². The van der Waals surface area contributed by atoms with E-state index in [1.54, 1.807) is 19.9 Å². The number of benzene rings is 1. The third-order valence-corrected chi connectivity index (χ3v) is 5.40. The van der Waals surface area contributed by atoms with Crippen LogP contribution in [0.2, 0.25) is 0 Å². The molecule has 1 amide bonds. The molecule has 0 radical (unpaired) electrons. The van der Waals surface area contributed by atoms with Crippen molar-refractivity contribution in [1.29, 1.82) is 0 Å². The van der Waals surface area contributed by atoms with E-state index < -0.39 is 17.9 Å². The molecule has 0 aromatic heterocycles. The fourth-order valence-corrected chi connectivity index (χ4v) is 4.05. The first-order valence-electron chi connectivity index (χ1n) is 9.06. The number of carbonyl (C=O) groups excluding carboxylic acids is 1. The average molecular weight is 372 g/mol. The van der Waals surface area contributed by atoms with E-state index in [1.807, 2.05) is 11.8 Å². The van der Waals surface area contributed by atoms with Crippen molar-refractivity contribution in [2.45, 2.75) is 64.6 Å². The summed E-state index contributed by atoms with van der Waals surface area (Å²) in [6, 6.07) is 2.26. The van der Waals surface area contributed by atoms with Gasteiger partial charge in [0.2, 0.25) is 0 Å². The van der Waals surface area contributed by atoms with Crippen molar-refractivity contribution in [3.8, 4) is 0 Å². The van der Waals surface area contributed by atoms with Crippen LogP contribution in [0.3, 0.4) is 0 Å². The lowest BCUT2D eigenvalue weighted by Crippen LogP contribution is -2.31. The molecule has 26 heavy (non-hydrogen) atoms. The predicted octanol–water partition coefficient (Wildman–Crippen LogP) is 4.56. The summed E-state index contributed by atoms with van der Waals surface area (Å²) >= 11 is 0. The summed E-state index contributed by atoms with van der Waals surface area (Å²) in [6.07, 6.45) is -4.52. The summed E-state index contributed by atoms with van der Waals surface area (Å²) in [5.41, 5.74) is -0.0971. The first-order chi connectivity index (χ1) is 12.1. The number of likely N-dealkylation sites (tertiary alicyclic amines) is 1. The quantitative estimate of drug-likeness (QED) is 0.723. The maximum Gasteiger partial charge on any atom is 0.416 e. The Balaban J connectivity index is 2.07. The lowest BCUT2D eigenvalue weighted by molar-refractivity contribution is -0.138. The molecule has 2 aliphatic rings. The Morgan fingerprint density at radius 2 is 1.96 bits per heavy atom. The lowest BCUT2D eigenvalue weighted by Gasteiger charge is -2.28. The smallest absolute Gasteiger partial charge is 0.332 e. The molecule has 1 saturated heterocycles. The molecule has 1 aromatic rings. The fourth-order valence-electron chi connectivity index (χ4n) is 4.05. The van der Waals surface area contributed by atoms with Crippen molar-refractivity contribution in [2.75, 3.05) is 13.1 Å². The number of carbonyl (C=O) groups is 1. The van der Waals surface area contributed by atoms with Crippen LogP contribution in [0.5, 0.6) is 0 Å². The van der Waals surface area contributed by atoms with E-state index in [-0.39, 0.29) is 42.2 Å². The lowest BCUT2D eigenvalue weighted by atomic mass is 9.93. The standard InChI is InChI=1S/C19H24F4N2O/c1-4-17(24-6-5-13(20)9-24)12-7-14-15(16(8-12)19(21,22)23)10-25(11(2)3)18(14)26/h7-8,11,13,17H,4-6,9-10H2,1-3H3. The van der Waals surface area contributed by atoms with Crippen molar-refractivity contribution < 1.29 is 22.4 Å². The summed E-state index contributed by atoms with van der Waals surface area (Å²) in [7, 11) is 0. The van der Waals surface area contributed by atoms with E-state index in [0.29, 0.717) is 24.9 Å². The van der Waals surface area contributed by atoms with Crippen molar-refractivity contribution in [1.82, 2.24) is 9.80 Å². The van der Waals surface area contributed by atoms with Gasteiger partial charge in [0.1, 0.15) is 6.17 Å². The summed E-state index contributed by atoms with van der Waals surface area (Å²) in [4.78, 5) is 16.0. The molecular formula is C19H24F4N2O. The van der Waals surface area contributed by atoms with E-state index in [4.69, 9.17) is 0 Å². The molecule has 0 saturated carbocycles. The van der Waals surface area contributed by atoms with Gasteiger partial charge in [-0.2, -0.15) is 13.2 Å². The number of rotatable bonds is 4. The highest BCUT2D eigenvalue weighted by atomic mass is 19.4. The van der Waals surface area contributed by atoms with Crippen LogP contribution in [-0.4, -0.2) is 41.0 Å². The van der Waals surface area contributed by atoms with Crippen LogP contribution in [0.25, 0.3) is 0 Å². The van der Waals surface area contributed by atoms with Crippen molar-refractivity contribution in [3.63, 3.8) is 0 Å².